The van der Waals surface area contributed by atoms with Crippen LogP contribution < -0.4 is 15.4 Å². The van der Waals surface area contributed by atoms with Crippen LogP contribution in [0.1, 0.15) is 18.2 Å². The van der Waals surface area contributed by atoms with Gasteiger partial charge >= 0.3 is 0 Å². The molecule has 2 rings (SSSR count). The first-order chi connectivity index (χ1) is 11.7. The highest BCUT2D eigenvalue weighted by atomic mass is 32.2. The summed E-state index contributed by atoms with van der Waals surface area (Å²) in [6, 6.07) is 6.21. The molecule has 25 heavy (non-hydrogen) atoms. The van der Waals surface area contributed by atoms with Gasteiger partial charge in [0.15, 0.2) is 5.11 Å². The van der Waals surface area contributed by atoms with E-state index in [4.69, 9.17) is 16.7 Å². The Bertz CT molecular complexity index is 887. The summed E-state index contributed by atoms with van der Waals surface area (Å²) in [5.41, 5.74) is 2.91. The van der Waals surface area contributed by atoms with Gasteiger partial charge in [0, 0.05) is 17.8 Å². The topological polar surface area (TPSA) is 96.3 Å². The van der Waals surface area contributed by atoms with Gasteiger partial charge in [-0.3, -0.25) is 0 Å². The average Bonchev–Trinajstić information content (AvgIpc) is 2.85. The Kier molecular flexibility index (Phi) is 5.81. The van der Waals surface area contributed by atoms with E-state index in [1.54, 1.807) is 26.0 Å². The number of aryl methyl sites for hydroxylation is 1. The van der Waals surface area contributed by atoms with Gasteiger partial charge in [0.05, 0.1) is 10.6 Å². The highest BCUT2D eigenvalue weighted by Gasteiger charge is 2.19. The van der Waals surface area contributed by atoms with Crippen molar-refractivity contribution >= 4 is 38.9 Å². The number of rotatable bonds is 6. The number of sulfonamides is 1. The molecular formula is C16H20N4O3S2. The fourth-order valence-corrected chi connectivity index (χ4v) is 3.05. The van der Waals surface area contributed by atoms with Crippen LogP contribution >= 0.6 is 12.2 Å². The third-order valence-corrected chi connectivity index (χ3v) is 4.95. The van der Waals surface area contributed by atoms with Gasteiger partial charge in [0.25, 0.3) is 10.0 Å². The molecule has 134 valence electrons. The summed E-state index contributed by atoms with van der Waals surface area (Å²) in [4.78, 5) is 0.104. The maximum atomic E-state index is 12.4. The van der Waals surface area contributed by atoms with Crippen LogP contribution in [-0.4, -0.2) is 25.2 Å². The third kappa shape index (κ3) is 5.04. The first kappa shape index (κ1) is 18.9. The summed E-state index contributed by atoms with van der Waals surface area (Å²) in [5.74, 6) is 0.116. The summed E-state index contributed by atoms with van der Waals surface area (Å²) in [5, 5.41) is 10.1. The van der Waals surface area contributed by atoms with Crippen LogP contribution in [0.15, 0.2) is 45.8 Å². The SMILES string of the molecule is C=C(C)CNC(=S)Nc1ccc(S(=O)(=O)Nc2onc(C)c2C)cc1. The molecule has 1 aromatic heterocycles. The second kappa shape index (κ2) is 7.66. The Hall–Kier alpha value is -2.39. The Morgan fingerprint density at radius 1 is 1.28 bits per heavy atom. The fourth-order valence-electron chi connectivity index (χ4n) is 1.82. The van der Waals surface area contributed by atoms with E-state index in [9.17, 15) is 8.42 Å². The molecule has 0 saturated carbocycles. The lowest BCUT2D eigenvalue weighted by Crippen LogP contribution is -2.29. The van der Waals surface area contributed by atoms with Crippen molar-refractivity contribution in [1.82, 2.24) is 10.5 Å². The van der Waals surface area contributed by atoms with Crippen molar-refractivity contribution in [1.29, 1.82) is 0 Å². The quantitative estimate of drug-likeness (QED) is 0.524. The monoisotopic (exact) mass is 380 g/mol. The zero-order valence-electron chi connectivity index (χ0n) is 14.2. The molecule has 9 heteroatoms. The van der Waals surface area contributed by atoms with E-state index in [0.29, 0.717) is 28.6 Å². The fraction of sp³-hybridized carbons (Fsp3) is 0.250. The molecule has 1 aromatic carbocycles. The molecule has 0 amide bonds. The van der Waals surface area contributed by atoms with Crippen molar-refractivity contribution in [2.45, 2.75) is 25.7 Å². The van der Waals surface area contributed by atoms with Gasteiger partial charge in [-0.05, 0) is 57.3 Å². The van der Waals surface area contributed by atoms with E-state index in [0.717, 1.165) is 5.57 Å². The number of aromatic nitrogens is 1. The van der Waals surface area contributed by atoms with Crippen LogP contribution in [0.4, 0.5) is 11.6 Å². The van der Waals surface area contributed by atoms with Crippen molar-refractivity contribution in [3.05, 3.63) is 47.7 Å². The minimum absolute atomic E-state index is 0.104. The van der Waals surface area contributed by atoms with E-state index >= 15 is 0 Å². The molecule has 0 aliphatic carbocycles. The van der Waals surface area contributed by atoms with Crippen LogP contribution in [0.5, 0.6) is 0 Å². The predicted molar refractivity (Wildman–Crippen MR) is 102 cm³/mol. The zero-order chi connectivity index (χ0) is 18.6. The first-order valence-electron chi connectivity index (χ1n) is 7.44. The molecule has 0 radical (unpaired) electrons. The summed E-state index contributed by atoms with van der Waals surface area (Å²) < 4.78 is 32.2. The Labute approximate surface area is 152 Å². The number of anilines is 2. The van der Waals surface area contributed by atoms with E-state index in [-0.39, 0.29) is 10.8 Å². The van der Waals surface area contributed by atoms with Gasteiger partial charge in [-0.15, -0.1) is 0 Å². The van der Waals surface area contributed by atoms with Crippen LogP contribution in [0, 0.1) is 13.8 Å². The number of hydrogen-bond donors (Lipinski definition) is 3. The van der Waals surface area contributed by atoms with Gasteiger partial charge < -0.3 is 15.2 Å². The second-order valence-corrected chi connectivity index (χ2v) is 7.71. The van der Waals surface area contributed by atoms with E-state index in [1.165, 1.54) is 12.1 Å². The van der Waals surface area contributed by atoms with E-state index in [1.807, 2.05) is 6.92 Å². The molecule has 3 N–H and O–H groups in total. The second-order valence-electron chi connectivity index (χ2n) is 5.62. The minimum Gasteiger partial charge on any atom is -0.359 e. The summed E-state index contributed by atoms with van der Waals surface area (Å²) in [6.45, 7) is 9.71. The number of thiocarbonyl (C=S) groups is 1. The van der Waals surface area contributed by atoms with Gasteiger partial charge in [-0.1, -0.05) is 17.3 Å². The normalized spacial score (nSPS) is 11.0. The van der Waals surface area contributed by atoms with Gasteiger partial charge in [0.2, 0.25) is 5.88 Å². The van der Waals surface area contributed by atoms with Crippen LogP contribution in [-0.2, 0) is 10.0 Å². The lowest BCUT2D eigenvalue weighted by Gasteiger charge is -2.11. The minimum atomic E-state index is -3.76. The molecule has 2 aromatic rings. The molecule has 0 unspecified atom stereocenters. The zero-order valence-corrected chi connectivity index (χ0v) is 15.8. The molecule has 0 aliphatic heterocycles. The number of nitrogens with one attached hydrogen (secondary N) is 3. The molecule has 1 heterocycles. The van der Waals surface area contributed by atoms with Crippen LogP contribution in [0.3, 0.4) is 0 Å². The maximum absolute atomic E-state index is 12.4. The number of nitrogens with zero attached hydrogens (tertiary/aromatic N) is 1. The van der Waals surface area contributed by atoms with Crippen LogP contribution in [0.2, 0.25) is 0 Å². The summed E-state index contributed by atoms with van der Waals surface area (Å²) >= 11 is 5.15. The number of hydrogen-bond acceptors (Lipinski definition) is 5. The van der Waals surface area contributed by atoms with Gasteiger partial charge in [-0.2, -0.15) is 0 Å². The predicted octanol–water partition coefficient (Wildman–Crippen LogP) is 2.95. The molecule has 0 fully saturated rings. The highest BCUT2D eigenvalue weighted by Crippen LogP contribution is 2.22. The van der Waals surface area contributed by atoms with Gasteiger partial charge in [-0.25, -0.2) is 13.1 Å². The molecule has 0 saturated heterocycles. The Morgan fingerprint density at radius 2 is 1.92 bits per heavy atom. The molecule has 0 bridgehead atoms. The van der Waals surface area contributed by atoms with Crippen molar-refractivity contribution in [3.63, 3.8) is 0 Å². The Morgan fingerprint density at radius 3 is 2.44 bits per heavy atom. The van der Waals surface area contributed by atoms with Gasteiger partial charge in [0.1, 0.15) is 0 Å². The lowest BCUT2D eigenvalue weighted by molar-refractivity contribution is 0.430. The van der Waals surface area contributed by atoms with Crippen molar-refractivity contribution in [2.24, 2.45) is 0 Å². The molecular weight excluding hydrogens is 360 g/mol. The van der Waals surface area contributed by atoms with E-state index < -0.39 is 10.0 Å². The standard InChI is InChI=1S/C16H20N4O3S2/c1-10(2)9-17-16(24)18-13-5-7-14(8-6-13)25(21,22)20-15-11(3)12(4)19-23-15/h5-8,20H,1,9H2,2-4H3,(H2,17,18,24). The third-order valence-electron chi connectivity index (χ3n) is 3.36. The van der Waals surface area contributed by atoms with E-state index in [2.05, 4.69) is 27.1 Å². The Balaban J connectivity index is 2.06. The number of benzene rings is 1. The smallest absolute Gasteiger partial charge is 0.264 e. The average molecular weight is 380 g/mol. The first-order valence-corrected chi connectivity index (χ1v) is 9.33. The maximum Gasteiger partial charge on any atom is 0.264 e. The van der Waals surface area contributed by atoms with Crippen molar-refractivity contribution in [2.75, 3.05) is 16.6 Å². The molecule has 0 atom stereocenters. The largest absolute Gasteiger partial charge is 0.359 e. The molecule has 0 spiro atoms. The summed E-state index contributed by atoms with van der Waals surface area (Å²) in [7, 11) is -3.76. The molecule has 7 nitrogen and oxygen atoms in total. The molecule has 0 aliphatic rings. The van der Waals surface area contributed by atoms with Crippen molar-refractivity contribution < 1.29 is 12.9 Å². The highest BCUT2D eigenvalue weighted by molar-refractivity contribution is 7.92. The summed E-state index contributed by atoms with van der Waals surface area (Å²) in [6.07, 6.45) is 0. The lowest BCUT2D eigenvalue weighted by atomic mass is 10.3. The van der Waals surface area contributed by atoms with Crippen molar-refractivity contribution in [3.8, 4) is 0 Å². The van der Waals surface area contributed by atoms with Crippen LogP contribution in [0.25, 0.3) is 0 Å².